The van der Waals surface area contributed by atoms with Crippen LogP contribution in [0.15, 0.2) is 23.1 Å². The molecule has 0 saturated heterocycles. The summed E-state index contributed by atoms with van der Waals surface area (Å²) in [7, 11) is -0.773. The molecule has 0 amide bonds. The summed E-state index contributed by atoms with van der Waals surface area (Å²) in [6.07, 6.45) is 0.913. The van der Waals surface area contributed by atoms with Gasteiger partial charge in [0, 0.05) is 18.2 Å². The Balaban J connectivity index is 3.13. The van der Waals surface area contributed by atoms with Crippen LogP contribution in [0.25, 0.3) is 0 Å². The lowest BCUT2D eigenvalue weighted by Gasteiger charge is -2.28. The third-order valence-electron chi connectivity index (χ3n) is 3.49. The second kappa shape index (κ2) is 7.11. The number of ether oxygens (including phenoxy) is 2. The first-order valence-electron chi connectivity index (χ1n) is 6.68. The van der Waals surface area contributed by atoms with Gasteiger partial charge in [0.25, 0.3) is 0 Å². The normalized spacial score (nSPS) is 14.5. The summed E-state index contributed by atoms with van der Waals surface area (Å²) in [6, 6.07) is 4.41. The van der Waals surface area contributed by atoms with E-state index in [1.807, 2.05) is 6.92 Å². The van der Waals surface area contributed by atoms with Crippen molar-refractivity contribution in [3.8, 4) is 11.5 Å². The van der Waals surface area contributed by atoms with E-state index >= 15 is 0 Å². The van der Waals surface area contributed by atoms with Gasteiger partial charge in [-0.3, -0.25) is 0 Å². The van der Waals surface area contributed by atoms with E-state index in [1.165, 1.54) is 26.4 Å². The van der Waals surface area contributed by atoms with E-state index in [1.54, 1.807) is 13.0 Å². The van der Waals surface area contributed by atoms with Gasteiger partial charge in [-0.15, -0.1) is 0 Å². The highest BCUT2D eigenvalue weighted by Gasteiger charge is 2.29. The average molecular weight is 317 g/mol. The molecule has 21 heavy (non-hydrogen) atoms. The molecule has 0 saturated carbocycles. The minimum absolute atomic E-state index is 0.0845. The minimum atomic E-state index is -3.71. The fourth-order valence-electron chi connectivity index (χ4n) is 1.91. The summed E-state index contributed by atoms with van der Waals surface area (Å²) >= 11 is 0. The number of nitrogens with one attached hydrogen (secondary N) is 1. The Morgan fingerprint density at radius 1 is 1.24 bits per heavy atom. The molecular formula is C14H23NO5S. The molecule has 0 aliphatic rings. The van der Waals surface area contributed by atoms with Crippen molar-refractivity contribution in [1.82, 2.24) is 4.72 Å². The molecule has 1 aromatic rings. The van der Waals surface area contributed by atoms with E-state index < -0.39 is 15.6 Å². The van der Waals surface area contributed by atoms with Crippen LogP contribution in [0.4, 0.5) is 0 Å². The SMILES string of the molecule is CCC(C)(CCO)NS(=O)(=O)c1ccc(OC)c(OC)c1. The first-order chi connectivity index (χ1) is 9.81. The van der Waals surface area contributed by atoms with Gasteiger partial charge in [-0.2, -0.15) is 0 Å². The summed E-state index contributed by atoms with van der Waals surface area (Å²) < 4.78 is 37.8. The van der Waals surface area contributed by atoms with Gasteiger partial charge in [0.1, 0.15) is 0 Å². The lowest BCUT2D eigenvalue weighted by atomic mass is 9.97. The van der Waals surface area contributed by atoms with Crippen molar-refractivity contribution in [2.75, 3.05) is 20.8 Å². The zero-order chi connectivity index (χ0) is 16.1. The number of sulfonamides is 1. The Morgan fingerprint density at radius 3 is 2.33 bits per heavy atom. The highest BCUT2D eigenvalue weighted by Crippen LogP contribution is 2.30. The molecule has 0 heterocycles. The smallest absolute Gasteiger partial charge is 0.241 e. The molecular weight excluding hydrogens is 294 g/mol. The second-order valence-corrected chi connectivity index (χ2v) is 6.69. The quantitative estimate of drug-likeness (QED) is 0.759. The van der Waals surface area contributed by atoms with Crippen LogP contribution in [0.1, 0.15) is 26.7 Å². The Labute approximate surface area is 126 Å². The van der Waals surface area contributed by atoms with Crippen molar-refractivity contribution in [3.05, 3.63) is 18.2 Å². The zero-order valence-corrected chi connectivity index (χ0v) is 13.7. The predicted octanol–water partition coefficient (Wildman–Crippen LogP) is 1.53. The standard InChI is InChI=1S/C14H23NO5S/c1-5-14(2,8-9-16)15-21(17,18)11-6-7-12(19-3)13(10-11)20-4/h6-7,10,15-16H,5,8-9H2,1-4H3. The monoisotopic (exact) mass is 317 g/mol. The summed E-state index contributed by atoms with van der Waals surface area (Å²) in [6.45, 7) is 3.55. The van der Waals surface area contributed by atoms with Crippen LogP contribution in [0.3, 0.4) is 0 Å². The molecule has 2 N–H and O–H groups in total. The molecule has 0 aliphatic heterocycles. The van der Waals surface area contributed by atoms with Gasteiger partial charge in [-0.05, 0) is 31.9 Å². The van der Waals surface area contributed by atoms with Crippen LogP contribution in [-0.4, -0.2) is 39.9 Å². The highest BCUT2D eigenvalue weighted by atomic mass is 32.2. The maximum Gasteiger partial charge on any atom is 0.241 e. The molecule has 6 nitrogen and oxygen atoms in total. The summed E-state index contributed by atoms with van der Waals surface area (Å²) in [4.78, 5) is 0.0952. The molecule has 0 radical (unpaired) electrons. The molecule has 0 spiro atoms. The first kappa shape index (κ1) is 17.7. The van der Waals surface area contributed by atoms with Crippen molar-refractivity contribution < 1.29 is 23.0 Å². The summed E-state index contributed by atoms with van der Waals surface area (Å²) in [5, 5.41) is 9.08. The molecule has 0 bridgehead atoms. The molecule has 1 aromatic carbocycles. The Hall–Kier alpha value is -1.31. The van der Waals surface area contributed by atoms with Crippen LogP contribution < -0.4 is 14.2 Å². The third-order valence-corrected chi connectivity index (χ3v) is 5.13. The van der Waals surface area contributed by atoms with Crippen molar-refractivity contribution in [2.24, 2.45) is 0 Å². The van der Waals surface area contributed by atoms with E-state index in [9.17, 15) is 8.42 Å². The molecule has 0 aromatic heterocycles. The molecule has 0 fully saturated rings. The lowest BCUT2D eigenvalue weighted by molar-refractivity contribution is 0.233. The lowest BCUT2D eigenvalue weighted by Crippen LogP contribution is -2.46. The van der Waals surface area contributed by atoms with Gasteiger partial charge in [-0.25, -0.2) is 13.1 Å². The Kier molecular flexibility index (Phi) is 6.00. The topological polar surface area (TPSA) is 84.9 Å². The zero-order valence-electron chi connectivity index (χ0n) is 12.8. The largest absolute Gasteiger partial charge is 0.493 e. The molecule has 7 heteroatoms. The van der Waals surface area contributed by atoms with Crippen molar-refractivity contribution in [3.63, 3.8) is 0 Å². The number of aliphatic hydroxyl groups excluding tert-OH is 1. The van der Waals surface area contributed by atoms with Crippen LogP contribution in [0.2, 0.25) is 0 Å². The van der Waals surface area contributed by atoms with Gasteiger partial charge >= 0.3 is 0 Å². The van der Waals surface area contributed by atoms with Crippen molar-refractivity contribution in [1.29, 1.82) is 0 Å². The molecule has 0 aliphatic carbocycles. The second-order valence-electron chi connectivity index (χ2n) is 5.01. The number of hydrogen-bond acceptors (Lipinski definition) is 5. The van der Waals surface area contributed by atoms with Crippen LogP contribution >= 0.6 is 0 Å². The summed E-state index contributed by atoms with van der Waals surface area (Å²) in [5.41, 5.74) is -0.694. The van der Waals surface area contributed by atoms with E-state index in [0.717, 1.165) is 0 Å². The van der Waals surface area contributed by atoms with Gasteiger partial charge in [0.05, 0.1) is 19.1 Å². The maximum atomic E-state index is 12.5. The van der Waals surface area contributed by atoms with Gasteiger partial charge in [0.2, 0.25) is 10.0 Å². The predicted molar refractivity (Wildman–Crippen MR) is 80.3 cm³/mol. The minimum Gasteiger partial charge on any atom is -0.493 e. The number of methoxy groups -OCH3 is 2. The molecule has 120 valence electrons. The van der Waals surface area contributed by atoms with Gasteiger partial charge in [-0.1, -0.05) is 6.92 Å². The van der Waals surface area contributed by atoms with Crippen molar-refractivity contribution in [2.45, 2.75) is 37.1 Å². The van der Waals surface area contributed by atoms with Crippen LogP contribution in [0, 0.1) is 0 Å². The maximum absolute atomic E-state index is 12.5. The Bertz CT molecular complexity index is 573. The van der Waals surface area contributed by atoms with Crippen LogP contribution in [0.5, 0.6) is 11.5 Å². The first-order valence-corrected chi connectivity index (χ1v) is 8.17. The third kappa shape index (κ3) is 4.33. The Morgan fingerprint density at radius 2 is 1.86 bits per heavy atom. The van der Waals surface area contributed by atoms with Crippen molar-refractivity contribution >= 4 is 10.0 Å². The number of benzene rings is 1. The van der Waals surface area contributed by atoms with Gasteiger partial charge < -0.3 is 14.6 Å². The molecule has 1 unspecified atom stereocenters. The highest BCUT2D eigenvalue weighted by molar-refractivity contribution is 7.89. The summed E-state index contributed by atoms with van der Waals surface area (Å²) in [5.74, 6) is 0.811. The molecule has 1 rings (SSSR count). The molecule has 1 atom stereocenters. The van der Waals surface area contributed by atoms with E-state index in [0.29, 0.717) is 24.3 Å². The fourth-order valence-corrected chi connectivity index (χ4v) is 3.44. The van der Waals surface area contributed by atoms with E-state index in [4.69, 9.17) is 14.6 Å². The number of aliphatic hydroxyl groups is 1. The van der Waals surface area contributed by atoms with Crippen LogP contribution in [-0.2, 0) is 10.0 Å². The van der Waals surface area contributed by atoms with E-state index in [-0.39, 0.29) is 11.5 Å². The fraction of sp³-hybridized carbons (Fsp3) is 0.571. The number of hydrogen-bond donors (Lipinski definition) is 2. The average Bonchev–Trinajstić information content (AvgIpc) is 2.46. The number of rotatable bonds is 8. The van der Waals surface area contributed by atoms with Gasteiger partial charge in [0.15, 0.2) is 11.5 Å². The van der Waals surface area contributed by atoms with E-state index in [2.05, 4.69) is 4.72 Å².